The number of hydrazone groups is 1. The van der Waals surface area contributed by atoms with E-state index < -0.39 is 0 Å². The molecule has 0 bridgehead atoms. The first-order valence-electron chi connectivity index (χ1n) is 7.92. The summed E-state index contributed by atoms with van der Waals surface area (Å²) in [6.45, 7) is 1.84. The fourth-order valence-corrected chi connectivity index (χ4v) is 3.11. The van der Waals surface area contributed by atoms with Crippen LogP contribution < -0.4 is 4.74 Å². The number of carbonyl (C=O) groups is 1. The Labute approximate surface area is 146 Å². The summed E-state index contributed by atoms with van der Waals surface area (Å²) in [6, 6.07) is 15.2. The maximum Gasteiger partial charge on any atom is 0.242 e. The van der Waals surface area contributed by atoms with E-state index in [1.807, 2.05) is 55.5 Å². The van der Waals surface area contributed by atoms with Crippen LogP contribution in [0.1, 0.15) is 36.9 Å². The molecule has 4 nitrogen and oxygen atoms in total. The van der Waals surface area contributed by atoms with Gasteiger partial charge in [-0.2, -0.15) is 5.10 Å². The number of rotatable bonds is 4. The summed E-state index contributed by atoms with van der Waals surface area (Å²) in [5, 5.41) is 6.80. The molecular weight excluding hydrogens is 324 g/mol. The Morgan fingerprint density at radius 2 is 2.08 bits per heavy atom. The highest BCUT2D eigenvalue weighted by Crippen LogP contribution is 2.35. The van der Waals surface area contributed by atoms with Crippen molar-refractivity contribution in [2.45, 2.75) is 25.8 Å². The van der Waals surface area contributed by atoms with Crippen LogP contribution >= 0.6 is 11.6 Å². The fourth-order valence-electron chi connectivity index (χ4n) is 2.87. The predicted molar refractivity (Wildman–Crippen MR) is 95.5 cm³/mol. The molecule has 0 fully saturated rings. The van der Waals surface area contributed by atoms with Crippen molar-refractivity contribution in [3.05, 3.63) is 64.7 Å². The zero-order valence-corrected chi connectivity index (χ0v) is 14.5. The second-order valence-electron chi connectivity index (χ2n) is 5.61. The van der Waals surface area contributed by atoms with Crippen molar-refractivity contribution in [1.82, 2.24) is 5.01 Å². The van der Waals surface area contributed by atoms with Crippen LogP contribution in [0.25, 0.3) is 0 Å². The Kier molecular flexibility index (Phi) is 4.86. The Hall–Kier alpha value is -2.33. The number of halogens is 1. The Morgan fingerprint density at radius 1 is 1.29 bits per heavy atom. The third-order valence-electron chi connectivity index (χ3n) is 4.13. The van der Waals surface area contributed by atoms with Crippen molar-refractivity contribution < 1.29 is 9.53 Å². The van der Waals surface area contributed by atoms with Gasteiger partial charge in [0.05, 0.1) is 18.9 Å². The number of hydrogen-bond donors (Lipinski definition) is 0. The molecule has 1 aliphatic heterocycles. The monoisotopic (exact) mass is 342 g/mol. The van der Waals surface area contributed by atoms with Gasteiger partial charge in [0, 0.05) is 23.4 Å². The molecule has 0 spiro atoms. The van der Waals surface area contributed by atoms with Crippen LogP contribution in [-0.4, -0.2) is 23.7 Å². The first kappa shape index (κ1) is 16.5. The average Bonchev–Trinajstić information content (AvgIpc) is 3.06. The minimum Gasteiger partial charge on any atom is -0.497 e. The molecule has 5 heteroatoms. The number of methoxy groups -OCH3 is 1. The third-order valence-corrected chi connectivity index (χ3v) is 4.46. The van der Waals surface area contributed by atoms with Crippen LogP contribution in [0.2, 0.25) is 5.02 Å². The first-order valence-corrected chi connectivity index (χ1v) is 8.30. The second kappa shape index (κ2) is 7.05. The SMILES string of the molecule is CCC(=O)N1N=C(c2ccccc2Cl)C[C@@H]1c1cccc(OC)c1. The van der Waals surface area contributed by atoms with Crippen LogP contribution in [0.5, 0.6) is 5.75 Å². The normalized spacial score (nSPS) is 16.9. The summed E-state index contributed by atoms with van der Waals surface area (Å²) < 4.78 is 5.31. The Morgan fingerprint density at radius 3 is 2.79 bits per heavy atom. The lowest BCUT2D eigenvalue weighted by molar-refractivity contribution is -0.132. The highest BCUT2D eigenvalue weighted by molar-refractivity contribution is 6.34. The van der Waals surface area contributed by atoms with E-state index in [-0.39, 0.29) is 11.9 Å². The van der Waals surface area contributed by atoms with Gasteiger partial charge >= 0.3 is 0 Å². The topological polar surface area (TPSA) is 41.9 Å². The number of amides is 1. The molecule has 24 heavy (non-hydrogen) atoms. The largest absolute Gasteiger partial charge is 0.497 e. The molecule has 0 aliphatic carbocycles. The molecule has 1 heterocycles. The van der Waals surface area contributed by atoms with Crippen LogP contribution in [0.3, 0.4) is 0 Å². The van der Waals surface area contributed by atoms with Gasteiger partial charge in [-0.1, -0.05) is 48.9 Å². The Balaban J connectivity index is 1.98. The van der Waals surface area contributed by atoms with Crippen LogP contribution in [0.15, 0.2) is 53.6 Å². The molecule has 0 saturated carbocycles. The summed E-state index contributed by atoms with van der Waals surface area (Å²) in [5.74, 6) is 0.757. The van der Waals surface area contributed by atoms with Crippen LogP contribution in [0, 0.1) is 0 Å². The molecular formula is C19H19ClN2O2. The highest BCUT2D eigenvalue weighted by Gasteiger charge is 2.33. The first-order chi connectivity index (χ1) is 11.6. The number of benzene rings is 2. The van der Waals surface area contributed by atoms with Gasteiger partial charge < -0.3 is 4.74 Å². The quantitative estimate of drug-likeness (QED) is 0.824. The number of ether oxygens (including phenoxy) is 1. The maximum absolute atomic E-state index is 12.4. The number of hydrogen-bond acceptors (Lipinski definition) is 3. The van der Waals surface area contributed by atoms with E-state index in [1.54, 1.807) is 12.1 Å². The van der Waals surface area contributed by atoms with Gasteiger partial charge in [0.1, 0.15) is 5.75 Å². The predicted octanol–water partition coefficient (Wildman–Crippen LogP) is 4.44. The van der Waals surface area contributed by atoms with Gasteiger partial charge in [-0.15, -0.1) is 0 Å². The molecule has 1 aliphatic rings. The van der Waals surface area contributed by atoms with Gasteiger partial charge in [-0.3, -0.25) is 4.79 Å². The lowest BCUT2D eigenvalue weighted by Crippen LogP contribution is -2.26. The molecule has 0 aromatic heterocycles. The van der Waals surface area contributed by atoms with E-state index in [2.05, 4.69) is 5.10 Å². The minimum atomic E-state index is -0.140. The standard InChI is InChI=1S/C19H19ClN2O2/c1-3-19(23)22-18(13-7-6-8-14(11-13)24-2)12-17(21-22)15-9-4-5-10-16(15)20/h4-11,18H,3,12H2,1-2H3/t18-/m1/s1. The molecule has 3 rings (SSSR count). The lowest BCUT2D eigenvalue weighted by atomic mass is 9.98. The van der Waals surface area contributed by atoms with Gasteiger partial charge in [0.2, 0.25) is 5.91 Å². The lowest BCUT2D eigenvalue weighted by Gasteiger charge is -2.21. The molecule has 2 aromatic carbocycles. The third kappa shape index (κ3) is 3.15. The summed E-state index contributed by atoms with van der Waals surface area (Å²) in [7, 11) is 1.63. The molecule has 0 radical (unpaired) electrons. The highest BCUT2D eigenvalue weighted by atomic mass is 35.5. The summed E-state index contributed by atoms with van der Waals surface area (Å²) in [5.41, 5.74) is 2.70. The minimum absolute atomic E-state index is 0.00938. The second-order valence-corrected chi connectivity index (χ2v) is 6.02. The van der Waals surface area contributed by atoms with E-state index in [0.717, 1.165) is 22.6 Å². The zero-order valence-electron chi connectivity index (χ0n) is 13.7. The molecule has 2 aromatic rings. The van der Waals surface area contributed by atoms with Crippen molar-refractivity contribution in [1.29, 1.82) is 0 Å². The smallest absolute Gasteiger partial charge is 0.242 e. The maximum atomic E-state index is 12.4. The average molecular weight is 343 g/mol. The van der Waals surface area contributed by atoms with E-state index in [1.165, 1.54) is 0 Å². The van der Waals surface area contributed by atoms with Gasteiger partial charge in [0.25, 0.3) is 0 Å². The molecule has 0 saturated heterocycles. The van der Waals surface area contributed by atoms with Crippen molar-refractivity contribution in [3.63, 3.8) is 0 Å². The van der Waals surface area contributed by atoms with Crippen molar-refractivity contribution >= 4 is 23.2 Å². The molecule has 0 unspecified atom stereocenters. The number of nitrogens with zero attached hydrogens (tertiary/aromatic N) is 2. The van der Waals surface area contributed by atoms with Crippen molar-refractivity contribution in [2.75, 3.05) is 7.11 Å². The molecule has 124 valence electrons. The van der Waals surface area contributed by atoms with Crippen LogP contribution in [-0.2, 0) is 4.79 Å². The van der Waals surface area contributed by atoms with E-state index >= 15 is 0 Å². The Bertz CT molecular complexity index is 788. The van der Waals surface area contributed by atoms with Crippen molar-refractivity contribution in [2.24, 2.45) is 5.10 Å². The van der Waals surface area contributed by atoms with E-state index in [4.69, 9.17) is 16.3 Å². The summed E-state index contributed by atoms with van der Waals surface area (Å²) in [6.07, 6.45) is 1.03. The van der Waals surface area contributed by atoms with E-state index in [0.29, 0.717) is 17.9 Å². The zero-order chi connectivity index (χ0) is 17.1. The fraction of sp³-hybridized carbons (Fsp3) is 0.263. The molecule has 1 amide bonds. The molecule has 0 N–H and O–H groups in total. The van der Waals surface area contributed by atoms with Crippen LogP contribution in [0.4, 0.5) is 0 Å². The summed E-state index contributed by atoms with van der Waals surface area (Å²) >= 11 is 6.30. The van der Waals surface area contributed by atoms with E-state index in [9.17, 15) is 4.79 Å². The van der Waals surface area contributed by atoms with Gasteiger partial charge in [-0.25, -0.2) is 5.01 Å². The molecule has 1 atom stereocenters. The van der Waals surface area contributed by atoms with Crippen molar-refractivity contribution in [3.8, 4) is 5.75 Å². The van der Waals surface area contributed by atoms with Gasteiger partial charge in [-0.05, 0) is 23.8 Å². The summed E-state index contributed by atoms with van der Waals surface area (Å²) in [4.78, 5) is 12.4. The van der Waals surface area contributed by atoms with Gasteiger partial charge in [0.15, 0.2) is 0 Å². The number of carbonyl (C=O) groups excluding carboxylic acids is 1.